The molecule has 78 valence electrons. The first-order chi connectivity index (χ1) is 7.13. The lowest BCUT2D eigenvalue weighted by molar-refractivity contribution is 0.630. The summed E-state index contributed by atoms with van der Waals surface area (Å²) in [6, 6.07) is 9.65. The van der Waals surface area contributed by atoms with E-state index in [9.17, 15) is 4.79 Å². The van der Waals surface area contributed by atoms with Crippen molar-refractivity contribution in [3.8, 4) is 5.69 Å². The molecule has 1 aromatic carbocycles. The molecule has 2 rings (SSSR count). The number of para-hydroxylation sites is 1. The van der Waals surface area contributed by atoms with Gasteiger partial charge in [-0.25, -0.2) is 4.68 Å². The van der Waals surface area contributed by atoms with E-state index in [1.807, 2.05) is 49.0 Å². The molecule has 0 aliphatic rings. The van der Waals surface area contributed by atoms with Crippen molar-refractivity contribution >= 4 is 22.6 Å². The fourth-order valence-corrected chi connectivity index (χ4v) is 2.11. The van der Waals surface area contributed by atoms with E-state index < -0.39 is 0 Å². The van der Waals surface area contributed by atoms with Gasteiger partial charge in [-0.15, -0.1) is 0 Å². The van der Waals surface area contributed by atoms with Gasteiger partial charge in [0.15, 0.2) is 0 Å². The highest BCUT2D eigenvalue weighted by atomic mass is 125. The normalized spacial score (nSPS) is 10.6. The van der Waals surface area contributed by atoms with E-state index in [2.05, 4.69) is 22.6 Å². The molecule has 0 fully saturated rings. The Kier molecular flexibility index (Phi) is 2.68. The van der Waals surface area contributed by atoms with Crippen LogP contribution in [-0.2, 0) is 7.05 Å². The maximum absolute atomic E-state index is 11.9. The number of nitrogens with zero attached hydrogens (tertiary/aromatic N) is 2. The summed E-state index contributed by atoms with van der Waals surface area (Å²) in [5.41, 5.74) is 1.93. The van der Waals surface area contributed by atoms with Crippen molar-refractivity contribution < 1.29 is 0 Å². The number of benzene rings is 1. The Morgan fingerprint density at radius 1 is 1.20 bits per heavy atom. The second kappa shape index (κ2) is 3.84. The molecule has 0 radical (unpaired) electrons. The maximum Gasteiger partial charge on any atom is 0.285 e. The third-order valence-corrected chi connectivity index (χ3v) is 3.73. The van der Waals surface area contributed by atoms with Crippen molar-refractivity contribution in [1.29, 1.82) is 0 Å². The summed E-state index contributed by atoms with van der Waals surface area (Å²) >= 11 is 2.09. The molecule has 0 spiro atoms. The second-order valence-electron chi connectivity index (χ2n) is 3.38. The minimum absolute atomic E-state index is 0.0433. The zero-order chi connectivity index (χ0) is 11.0. The van der Waals surface area contributed by atoms with Crippen LogP contribution in [0.1, 0.15) is 5.69 Å². The zero-order valence-corrected chi connectivity index (χ0v) is 10.7. The van der Waals surface area contributed by atoms with Crippen molar-refractivity contribution in [2.24, 2.45) is 7.05 Å². The predicted molar refractivity (Wildman–Crippen MR) is 68.5 cm³/mol. The van der Waals surface area contributed by atoms with E-state index in [1.165, 1.54) is 0 Å². The van der Waals surface area contributed by atoms with Gasteiger partial charge in [-0.3, -0.25) is 9.48 Å². The van der Waals surface area contributed by atoms with E-state index in [0.29, 0.717) is 0 Å². The summed E-state index contributed by atoms with van der Waals surface area (Å²) in [7, 11) is 1.89. The maximum atomic E-state index is 11.9. The fourth-order valence-electron chi connectivity index (χ4n) is 1.54. The van der Waals surface area contributed by atoms with Gasteiger partial charge in [0.1, 0.15) is 3.57 Å². The number of hydrogen-bond donors (Lipinski definition) is 0. The molecule has 0 unspecified atom stereocenters. The zero-order valence-electron chi connectivity index (χ0n) is 8.57. The number of hydrogen-bond acceptors (Lipinski definition) is 1. The van der Waals surface area contributed by atoms with E-state index in [1.54, 1.807) is 4.68 Å². The van der Waals surface area contributed by atoms with Gasteiger partial charge in [0.2, 0.25) is 0 Å². The molecule has 3 nitrogen and oxygen atoms in total. The standard InChI is InChI=1S/C11H11IN2O/c1-8-10(12)11(15)14(13(8)2)9-6-4-3-5-7-9/h3-7H,1-2H3/i12-2. The van der Waals surface area contributed by atoms with Crippen LogP contribution < -0.4 is 5.56 Å². The van der Waals surface area contributed by atoms with Crippen molar-refractivity contribution in [2.45, 2.75) is 6.92 Å². The van der Waals surface area contributed by atoms with Crippen LogP contribution in [0, 0.1) is 10.5 Å². The fraction of sp³-hybridized carbons (Fsp3) is 0.182. The lowest BCUT2D eigenvalue weighted by Crippen LogP contribution is -2.20. The van der Waals surface area contributed by atoms with Gasteiger partial charge in [0.25, 0.3) is 5.56 Å². The summed E-state index contributed by atoms with van der Waals surface area (Å²) in [5, 5.41) is 0. The average Bonchev–Trinajstić information content (AvgIpc) is 2.45. The largest absolute Gasteiger partial charge is 0.285 e. The molecule has 0 aliphatic heterocycles. The van der Waals surface area contributed by atoms with Crippen LogP contribution in [0.3, 0.4) is 0 Å². The molecule has 0 saturated heterocycles. The molecule has 1 aromatic heterocycles. The molecular formula is C11H11IN2O. The first kappa shape index (κ1) is 10.5. The monoisotopic (exact) mass is 312 g/mol. The molecule has 0 saturated carbocycles. The Bertz CT molecular complexity index is 540. The molecule has 1 heterocycles. The lowest BCUT2D eigenvalue weighted by Gasteiger charge is -2.07. The van der Waals surface area contributed by atoms with Gasteiger partial charge in [-0.1, -0.05) is 18.2 Å². The highest BCUT2D eigenvalue weighted by Gasteiger charge is 2.12. The van der Waals surface area contributed by atoms with Gasteiger partial charge >= 0.3 is 0 Å². The topological polar surface area (TPSA) is 26.9 Å². The molecule has 15 heavy (non-hydrogen) atoms. The van der Waals surface area contributed by atoms with Crippen molar-refractivity contribution in [1.82, 2.24) is 9.36 Å². The van der Waals surface area contributed by atoms with Crippen LogP contribution in [0.5, 0.6) is 0 Å². The van der Waals surface area contributed by atoms with E-state index in [-0.39, 0.29) is 5.56 Å². The van der Waals surface area contributed by atoms with Crippen molar-refractivity contribution in [3.05, 3.63) is 49.9 Å². The molecular weight excluding hydrogens is 301 g/mol. The van der Waals surface area contributed by atoms with Gasteiger partial charge < -0.3 is 0 Å². The van der Waals surface area contributed by atoms with E-state index in [4.69, 9.17) is 0 Å². The first-order valence-corrected chi connectivity index (χ1v) is 5.70. The van der Waals surface area contributed by atoms with Crippen LogP contribution in [0.2, 0.25) is 0 Å². The molecule has 2 aromatic rings. The molecule has 0 N–H and O–H groups in total. The van der Waals surface area contributed by atoms with Gasteiger partial charge in [0, 0.05) is 7.05 Å². The van der Waals surface area contributed by atoms with E-state index in [0.717, 1.165) is 15.0 Å². The Labute approximate surface area is 101 Å². The molecule has 4 heteroatoms. The van der Waals surface area contributed by atoms with Crippen LogP contribution in [0.15, 0.2) is 35.1 Å². The second-order valence-corrected chi connectivity index (χ2v) is 4.45. The predicted octanol–water partition coefficient (Wildman–Crippen LogP) is 2.09. The minimum atomic E-state index is 0.0433. The molecule has 0 aliphatic carbocycles. The number of halogens is 1. The SMILES string of the molecule is Cc1c([125I])c(=O)n(-c2ccccc2)n1C. The third kappa shape index (κ3) is 1.62. The van der Waals surface area contributed by atoms with Crippen molar-refractivity contribution in [3.63, 3.8) is 0 Å². The summed E-state index contributed by atoms with van der Waals surface area (Å²) in [4.78, 5) is 11.9. The first-order valence-electron chi connectivity index (χ1n) is 4.62. The molecule has 0 atom stereocenters. The third-order valence-electron chi connectivity index (χ3n) is 2.48. The van der Waals surface area contributed by atoms with Gasteiger partial charge in [-0.05, 0) is 41.6 Å². The summed E-state index contributed by atoms with van der Waals surface area (Å²) in [5.74, 6) is 0. The van der Waals surface area contributed by atoms with Crippen LogP contribution in [0.25, 0.3) is 5.69 Å². The smallest absolute Gasteiger partial charge is 0.284 e. The Balaban J connectivity index is 2.75. The summed E-state index contributed by atoms with van der Waals surface area (Å²) in [6.07, 6.45) is 0. The highest BCUT2D eigenvalue weighted by molar-refractivity contribution is 14.1. The quantitative estimate of drug-likeness (QED) is 0.741. The minimum Gasteiger partial charge on any atom is -0.284 e. The van der Waals surface area contributed by atoms with Gasteiger partial charge in [0.05, 0.1) is 11.4 Å². The van der Waals surface area contributed by atoms with Crippen LogP contribution in [0.4, 0.5) is 0 Å². The average molecular weight is 312 g/mol. The Morgan fingerprint density at radius 3 is 2.27 bits per heavy atom. The van der Waals surface area contributed by atoms with Crippen molar-refractivity contribution in [2.75, 3.05) is 0 Å². The van der Waals surface area contributed by atoms with Crippen LogP contribution in [-0.4, -0.2) is 9.36 Å². The van der Waals surface area contributed by atoms with Crippen LogP contribution >= 0.6 is 22.6 Å². The molecule has 0 amide bonds. The molecule has 0 bridgehead atoms. The summed E-state index contributed by atoms with van der Waals surface area (Å²) < 4.78 is 4.33. The Morgan fingerprint density at radius 2 is 1.80 bits per heavy atom. The highest BCUT2D eigenvalue weighted by Crippen LogP contribution is 2.10. The number of aromatic nitrogens is 2. The van der Waals surface area contributed by atoms with Gasteiger partial charge in [-0.2, -0.15) is 0 Å². The van der Waals surface area contributed by atoms with E-state index >= 15 is 0 Å². The lowest BCUT2D eigenvalue weighted by atomic mass is 10.3. The summed E-state index contributed by atoms with van der Waals surface area (Å²) in [6.45, 7) is 1.95. The Hall–Kier alpha value is -1.04. The number of rotatable bonds is 1.